The van der Waals surface area contributed by atoms with Gasteiger partial charge in [0, 0.05) is 11.6 Å². The van der Waals surface area contributed by atoms with Crippen molar-refractivity contribution in [3.8, 4) is 0 Å². The fourth-order valence-electron chi connectivity index (χ4n) is 1.74. The van der Waals surface area contributed by atoms with Crippen LogP contribution >= 0.6 is 0 Å². The van der Waals surface area contributed by atoms with Gasteiger partial charge in [-0.3, -0.25) is 14.9 Å². The highest BCUT2D eigenvalue weighted by atomic mass is 16.6. The number of nitrogens with one attached hydrogen (secondary N) is 1. The second-order valence-electron chi connectivity index (χ2n) is 4.30. The van der Waals surface area contributed by atoms with Gasteiger partial charge in [0.2, 0.25) is 5.91 Å². The minimum Gasteiger partial charge on any atom is -0.460 e. The predicted octanol–water partition coefficient (Wildman–Crippen LogP) is 2.19. The number of nitro groups is 1. The number of benzene rings is 1. The summed E-state index contributed by atoms with van der Waals surface area (Å²) in [7, 11) is 0. The number of furan rings is 1. The molecule has 0 unspecified atom stereocenters. The minimum atomic E-state index is -0.516. The summed E-state index contributed by atoms with van der Waals surface area (Å²) in [5, 5.41) is 14.6. The largest absolute Gasteiger partial charge is 0.460 e. The number of nitro benzene ring substituents is 1. The maximum Gasteiger partial charge on any atom is 0.273 e. The maximum atomic E-state index is 11.7. The highest BCUT2D eigenvalue weighted by molar-refractivity contribution is 5.82. The first-order valence-electron chi connectivity index (χ1n) is 6.17. The standard InChI is InChI=1S/C14H13N3O4/c1-10-6-7-12(21-10)9-15-16-14(18)8-11-4-2-3-5-13(11)17(19)20/h2-7,9H,8H2,1H3,(H,16,18). The second kappa shape index (κ2) is 6.47. The van der Waals surface area contributed by atoms with Gasteiger partial charge in [-0.1, -0.05) is 18.2 Å². The SMILES string of the molecule is Cc1ccc(C=NNC(=O)Cc2ccccc2[N+](=O)[O-])o1. The van der Waals surface area contributed by atoms with E-state index in [4.69, 9.17) is 4.42 Å². The Morgan fingerprint density at radius 2 is 2.14 bits per heavy atom. The number of hydrogen-bond acceptors (Lipinski definition) is 5. The maximum absolute atomic E-state index is 11.7. The van der Waals surface area contributed by atoms with Gasteiger partial charge in [0.25, 0.3) is 5.69 Å². The van der Waals surface area contributed by atoms with Gasteiger partial charge in [0.15, 0.2) is 0 Å². The van der Waals surface area contributed by atoms with Crippen molar-refractivity contribution < 1.29 is 14.1 Å². The Labute approximate surface area is 120 Å². The lowest BCUT2D eigenvalue weighted by Gasteiger charge is -2.01. The highest BCUT2D eigenvalue weighted by Gasteiger charge is 2.14. The zero-order chi connectivity index (χ0) is 15.2. The van der Waals surface area contributed by atoms with Crippen LogP contribution in [0.2, 0.25) is 0 Å². The van der Waals surface area contributed by atoms with Crippen LogP contribution < -0.4 is 5.43 Å². The number of aryl methyl sites for hydroxylation is 1. The van der Waals surface area contributed by atoms with Crippen molar-refractivity contribution in [2.75, 3.05) is 0 Å². The topological polar surface area (TPSA) is 97.7 Å². The average Bonchev–Trinajstić information content (AvgIpc) is 2.85. The molecule has 1 amide bonds. The number of hydrogen-bond donors (Lipinski definition) is 1. The van der Waals surface area contributed by atoms with Crippen LogP contribution in [0.1, 0.15) is 17.1 Å². The lowest BCUT2D eigenvalue weighted by atomic mass is 10.1. The summed E-state index contributed by atoms with van der Waals surface area (Å²) in [6, 6.07) is 9.58. The molecule has 2 aromatic rings. The number of carbonyl (C=O) groups excluding carboxylic acids is 1. The molecule has 0 atom stereocenters. The van der Waals surface area contributed by atoms with E-state index < -0.39 is 10.8 Å². The van der Waals surface area contributed by atoms with Gasteiger partial charge < -0.3 is 4.42 Å². The van der Waals surface area contributed by atoms with E-state index >= 15 is 0 Å². The van der Waals surface area contributed by atoms with Gasteiger partial charge in [-0.15, -0.1) is 0 Å². The number of carbonyl (C=O) groups is 1. The number of nitrogens with zero attached hydrogens (tertiary/aromatic N) is 2. The monoisotopic (exact) mass is 287 g/mol. The van der Waals surface area contributed by atoms with Crippen molar-refractivity contribution >= 4 is 17.8 Å². The Hall–Kier alpha value is -2.96. The fourth-order valence-corrected chi connectivity index (χ4v) is 1.74. The molecule has 0 aliphatic carbocycles. The third-order valence-electron chi connectivity index (χ3n) is 2.68. The van der Waals surface area contributed by atoms with Crippen LogP contribution in [-0.4, -0.2) is 17.0 Å². The number of para-hydroxylation sites is 1. The molecule has 0 spiro atoms. The van der Waals surface area contributed by atoms with E-state index in [-0.39, 0.29) is 12.1 Å². The molecule has 0 saturated heterocycles. The Morgan fingerprint density at radius 1 is 1.38 bits per heavy atom. The van der Waals surface area contributed by atoms with Gasteiger partial charge in [-0.25, -0.2) is 5.43 Å². The predicted molar refractivity (Wildman–Crippen MR) is 76.0 cm³/mol. The van der Waals surface area contributed by atoms with Crippen molar-refractivity contribution in [1.82, 2.24) is 5.43 Å². The Balaban J connectivity index is 1.96. The molecule has 1 heterocycles. The molecule has 0 aliphatic heterocycles. The van der Waals surface area contributed by atoms with Crippen LogP contribution in [0.15, 0.2) is 45.9 Å². The van der Waals surface area contributed by atoms with Crippen molar-refractivity contribution in [3.63, 3.8) is 0 Å². The first-order chi connectivity index (χ1) is 10.1. The molecule has 1 N–H and O–H groups in total. The molecule has 1 aromatic carbocycles. The van der Waals surface area contributed by atoms with Gasteiger partial charge in [-0.05, 0) is 19.1 Å². The highest BCUT2D eigenvalue weighted by Crippen LogP contribution is 2.17. The third kappa shape index (κ3) is 4.00. The van der Waals surface area contributed by atoms with E-state index in [0.717, 1.165) is 5.76 Å². The van der Waals surface area contributed by atoms with Crippen LogP contribution in [0.5, 0.6) is 0 Å². The summed E-state index contributed by atoms with van der Waals surface area (Å²) in [5.41, 5.74) is 2.56. The smallest absolute Gasteiger partial charge is 0.273 e. The number of hydrazone groups is 1. The Morgan fingerprint density at radius 3 is 2.81 bits per heavy atom. The molecular formula is C14H13N3O4. The Bertz CT molecular complexity index is 691. The molecule has 0 radical (unpaired) electrons. The molecule has 21 heavy (non-hydrogen) atoms. The molecule has 7 heteroatoms. The zero-order valence-corrected chi connectivity index (χ0v) is 11.3. The lowest BCUT2D eigenvalue weighted by Crippen LogP contribution is -2.20. The van der Waals surface area contributed by atoms with Crippen molar-refractivity contribution in [2.45, 2.75) is 13.3 Å². The quantitative estimate of drug-likeness (QED) is 0.517. The normalized spacial score (nSPS) is 10.7. The molecule has 108 valence electrons. The van der Waals surface area contributed by atoms with Gasteiger partial charge in [0.1, 0.15) is 11.5 Å². The fraction of sp³-hybridized carbons (Fsp3) is 0.143. The van der Waals surface area contributed by atoms with Crippen molar-refractivity contribution in [1.29, 1.82) is 0 Å². The first-order valence-corrected chi connectivity index (χ1v) is 6.17. The van der Waals surface area contributed by atoms with Gasteiger partial charge in [0.05, 0.1) is 17.6 Å². The summed E-state index contributed by atoms with van der Waals surface area (Å²) in [4.78, 5) is 22.0. The summed E-state index contributed by atoms with van der Waals surface area (Å²) in [6.07, 6.45) is 1.25. The molecule has 0 bridgehead atoms. The van der Waals surface area contributed by atoms with Crippen LogP contribution in [0, 0.1) is 17.0 Å². The number of rotatable bonds is 5. The van der Waals surface area contributed by atoms with Crippen molar-refractivity contribution in [2.24, 2.45) is 5.10 Å². The summed E-state index contributed by atoms with van der Waals surface area (Å²) < 4.78 is 5.24. The van der Waals surface area contributed by atoms with Crippen molar-refractivity contribution in [3.05, 3.63) is 63.6 Å². The van der Waals surface area contributed by atoms with E-state index in [9.17, 15) is 14.9 Å². The number of amides is 1. The summed E-state index contributed by atoms with van der Waals surface area (Å²) >= 11 is 0. The molecule has 0 aliphatic rings. The van der Waals surface area contributed by atoms with Gasteiger partial charge >= 0.3 is 0 Å². The second-order valence-corrected chi connectivity index (χ2v) is 4.30. The average molecular weight is 287 g/mol. The van der Waals surface area contributed by atoms with E-state index in [2.05, 4.69) is 10.5 Å². The summed E-state index contributed by atoms with van der Waals surface area (Å²) in [6.45, 7) is 1.80. The molecular weight excluding hydrogens is 274 g/mol. The molecule has 7 nitrogen and oxygen atoms in total. The van der Waals surface area contributed by atoms with Gasteiger partial charge in [-0.2, -0.15) is 5.10 Å². The molecule has 1 aromatic heterocycles. The lowest BCUT2D eigenvalue weighted by molar-refractivity contribution is -0.385. The van der Waals surface area contributed by atoms with E-state index in [1.165, 1.54) is 18.3 Å². The Kier molecular flexibility index (Phi) is 4.45. The van der Waals surface area contributed by atoms with Crippen LogP contribution in [0.4, 0.5) is 5.69 Å². The van der Waals surface area contributed by atoms with Crippen LogP contribution in [0.3, 0.4) is 0 Å². The zero-order valence-electron chi connectivity index (χ0n) is 11.3. The van der Waals surface area contributed by atoms with E-state index in [1.807, 2.05) is 0 Å². The van der Waals surface area contributed by atoms with Crippen LogP contribution in [0.25, 0.3) is 0 Å². The summed E-state index contributed by atoms with van der Waals surface area (Å²) in [5.74, 6) is 0.810. The van der Waals surface area contributed by atoms with Crippen LogP contribution in [-0.2, 0) is 11.2 Å². The minimum absolute atomic E-state index is 0.0849. The molecule has 0 saturated carbocycles. The first kappa shape index (κ1) is 14.4. The molecule has 0 fully saturated rings. The molecule has 2 rings (SSSR count). The van der Waals surface area contributed by atoms with E-state index in [1.54, 1.807) is 31.2 Å². The third-order valence-corrected chi connectivity index (χ3v) is 2.68. The van der Waals surface area contributed by atoms with E-state index in [0.29, 0.717) is 11.3 Å².